The zero-order valence-corrected chi connectivity index (χ0v) is 19.8. The highest BCUT2D eigenvalue weighted by Gasteiger charge is 2.45. The van der Waals surface area contributed by atoms with Gasteiger partial charge in [0.15, 0.2) is 0 Å². The van der Waals surface area contributed by atoms with Crippen LogP contribution in [-0.2, 0) is 9.59 Å². The van der Waals surface area contributed by atoms with Crippen LogP contribution in [-0.4, -0.2) is 60.4 Å². The number of ether oxygens (including phenoxy) is 1. The number of amides is 1. The van der Waals surface area contributed by atoms with E-state index >= 15 is 0 Å². The van der Waals surface area contributed by atoms with Crippen LogP contribution in [0.15, 0.2) is 48.0 Å². The molecule has 1 amide bonds. The number of benzene rings is 2. The Hall–Kier alpha value is -2.54. The number of hydrogen-bond acceptors (Lipinski definition) is 5. The number of aliphatic hydroxyl groups is 1. The SMILES string of the molecule is CCOc1ccc(/C(O)=C2\C(=O)C(=O)N(CCCN(C)C)[C@H]2c2ccc(Cl)cc2)cc1Cl. The van der Waals surface area contributed by atoms with E-state index in [0.717, 1.165) is 6.54 Å². The van der Waals surface area contributed by atoms with Crippen LogP contribution in [0.25, 0.3) is 5.76 Å². The predicted molar refractivity (Wildman–Crippen MR) is 126 cm³/mol. The summed E-state index contributed by atoms with van der Waals surface area (Å²) in [4.78, 5) is 29.5. The van der Waals surface area contributed by atoms with Crippen molar-refractivity contribution in [2.45, 2.75) is 19.4 Å². The second-order valence-electron chi connectivity index (χ2n) is 7.78. The van der Waals surface area contributed by atoms with Gasteiger partial charge in [-0.05, 0) is 69.9 Å². The highest BCUT2D eigenvalue weighted by molar-refractivity contribution is 6.46. The van der Waals surface area contributed by atoms with Gasteiger partial charge in [-0.2, -0.15) is 0 Å². The Kier molecular flexibility index (Phi) is 7.82. The number of rotatable bonds is 8. The molecule has 8 heteroatoms. The Bertz CT molecular complexity index is 1030. The van der Waals surface area contributed by atoms with Gasteiger partial charge in [0.05, 0.1) is 23.2 Å². The highest BCUT2D eigenvalue weighted by atomic mass is 35.5. The lowest BCUT2D eigenvalue weighted by Gasteiger charge is -2.26. The van der Waals surface area contributed by atoms with Crippen LogP contribution < -0.4 is 4.74 Å². The van der Waals surface area contributed by atoms with Gasteiger partial charge in [-0.3, -0.25) is 9.59 Å². The molecular weight excluding hydrogens is 451 g/mol. The third kappa shape index (κ3) is 5.09. The van der Waals surface area contributed by atoms with Crippen LogP contribution in [0.5, 0.6) is 5.75 Å². The van der Waals surface area contributed by atoms with Gasteiger partial charge in [-0.25, -0.2) is 0 Å². The van der Waals surface area contributed by atoms with Crippen molar-refractivity contribution in [1.29, 1.82) is 0 Å². The summed E-state index contributed by atoms with van der Waals surface area (Å²) in [5.41, 5.74) is 1.06. The normalized spacial score (nSPS) is 17.9. The maximum Gasteiger partial charge on any atom is 0.295 e. The predicted octanol–water partition coefficient (Wildman–Crippen LogP) is 4.77. The van der Waals surface area contributed by atoms with Gasteiger partial charge in [-0.1, -0.05) is 35.3 Å². The van der Waals surface area contributed by atoms with E-state index in [2.05, 4.69) is 0 Å². The molecule has 1 heterocycles. The molecule has 1 aliphatic heterocycles. The third-order valence-electron chi connectivity index (χ3n) is 5.24. The van der Waals surface area contributed by atoms with E-state index in [0.29, 0.717) is 46.5 Å². The molecule has 0 bridgehead atoms. The number of carbonyl (C=O) groups is 2. The summed E-state index contributed by atoms with van der Waals surface area (Å²) in [6.07, 6.45) is 0.680. The molecule has 1 aliphatic rings. The number of nitrogens with zero attached hydrogens (tertiary/aromatic N) is 2. The molecule has 2 aromatic carbocycles. The zero-order chi connectivity index (χ0) is 23.4. The first-order chi connectivity index (χ1) is 15.2. The first-order valence-corrected chi connectivity index (χ1v) is 11.1. The second-order valence-corrected chi connectivity index (χ2v) is 8.62. The van der Waals surface area contributed by atoms with Crippen molar-refractivity contribution in [1.82, 2.24) is 9.80 Å². The minimum Gasteiger partial charge on any atom is -0.507 e. The molecule has 1 saturated heterocycles. The topological polar surface area (TPSA) is 70.1 Å². The summed E-state index contributed by atoms with van der Waals surface area (Å²) >= 11 is 12.3. The van der Waals surface area contributed by atoms with Gasteiger partial charge in [0.2, 0.25) is 0 Å². The second kappa shape index (κ2) is 10.4. The van der Waals surface area contributed by atoms with Crippen LogP contribution in [0.4, 0.5) is 0 Å². The smallest absolute Gasteiger partial charge is 0.295 e. The van der Waals surface area contributed by atoms with E-state index in [1.165, 1.54) is 11.0 Å². The van der Waals surface area contributed by atoms with Crippen LogP contribution in [0.1, 0.15) is 30.5 Å². The Morgan fingerprint density at radius 1 is 1.12 bits per heavy atom. The van der Waals surface area contributed by atoms with Crippen molar-refractivity contribution >= 4 is 40.7 Å². The Labute approximate surface area is 198 Å². The molecule has 3 rings (SSSR count). The summed E-state index contributed by atoms with van der Waals surface area (Å²) in [5.74, 6) is -1.16. The van der Waals surface area contributed by atoms with Gasteiger partial charge in [-0.15, -0.1) is 0 Å². The van der Waals surface area contributed by atoms with Crippen molar-refractivity contribution in [3.8, 4) is 5.75 Å². The molecule has 0 radical (unpaired) electrons. The first kappa shape index (κ1) is 24.1. The summed E-state index contributed by atoms with van der Waals surface area (Å²) in [7, 11) is 3.89. The molecule has 0 spiro atoms. The molecular formula is C24H26Cl2N2O4. The molecule has 32 heavy (non-hydrogen) atoms. The monoisotopic (exact) mass is 476 g/mol. The number of carbonyl (C=O) groups excluding carboxylic acids is 2. The maximum absolute atomic E-state index is 13.0. The van der Waals surface area contributed by atoms with E-state index < -0.39 is 17.7 Å². The van der Waals surface area contributed by atoms with Crippen LogP contribution in [0, 0.1) is 0 Å². The van der Waals surface area contributed by atoms with E-state index in [4.69, 9.17) is 27.9 Å². The number of hydrogen-bond donors (Lipinski definition) is 1. The lowest BCUT2D eigenvalue weighted by atomic mass is 9.95. The number of ketones is 1. The Morgan fingerprint density at radius 2 is 1.81 bits per heavy atom. The lowest BCUT2D eigenvalue weighted by Crippen LogP contribution is -2.32. The average Bonchev–Trinajstić information content (AvgIpc) is 3.00. The maximum atomic E-state index is 13.0. The molecule has 6 nitrogen and oxygen atoms in total. The van der Waals surface area contributed by atoms with Crippen LogP contribution in [0.2, 0.25) is 10.0 Å². The fraction of sp³-hybridized carbons (Fsp3) is 0.333. The van der Waals surface area contributed by atoms with Crippen molar-refractivity contribution in [2.75, 3.05) is 33.8 Å². The Balaban J connectivity index is 2.08. The molecule has 1 atom stereocenters. The molecule has 1 fully saturated rings. The number of aliphatic hydroxyl groups excluding tert-OH is 1. The molecule has 0 aromatic heterocycles. The molecule has 170 valence electrons. The minimum absolute atomic E-state index is 0.0300. The van der Waals surface area contributed by atoms with E-state index in [-0.39, 0.29) is 11.3 Å². The number of halogens is 2. The van der Waals surface area contributed by atoms with E-state index in [1.807, 2.05) is 25.9 Å². The van der Waals surface area contributed by atoms with Gasteiger partial charge in [0.25, 0.3) is 11.7 Å². The first-order valence-electron chi connectivity index (χ1n) is 10.4. The molecule has 0 aliphatic carbocycles. The Morgan fingerprint density at radius 3 is 2.41 bits per heavy atom. The van der Waals surface area contributed by atoms with Crippen molar-refractivity contribution < 1.29 is 19.4 Å². The van der Waals surface area contributed by atoms with Gasteiger partial charge >= 0.3 is 0 Å². The fourth-order valence-electron chi connectivity index (χ4n) is 3.74. The summed E-state index contributed by atoms with van der Waals surface area (Å²) in [6, 6.07) is 11.0. The van der Waals surface area contributed by atoms with Gasteiger partial charge < -0.3 is 19.6 Å². The number of likely N-dealkylation sites (tertiary alicyclic amines) is 1. The van der Waals surface area contributed by atoms with Crippen molar-refractivity contribution in [3.05, 3.63) is 69.2 Å². The van der Waals surface area contributed by atoms with E-state index in [1.54, 1.807) is 36.4 Å². The largest absolute Gasteiger partial charge is 0.507 e. The van der Waals surface area contributed by atoms with Crippen molar-refractivity contribution in [3.63, 3.8) is 0 Å². The summed E-state index contributed by atoms with van der Waals surface area (Å²) < 4.78 is 5.44. The third-order valence-corrected chi connectivity index (χ3v) is 5.78. The van der Waals surface area contributed by atoms with Gasteiger partial charge in [0, 0.05) is 17.1 Å². The average molecular weight is 477 g/mol. The fourth-order valence-corrected chi connectivity index (χ4v) is 4.10. The number of Topliss-reactive ketones (excluding diaryl/α,β-unsaturated/α-hetero) is 1. The van der Waals surface area contributed by atoms with Crippen LogP contribution in [0.3, 0.4) is 0 Å². The standard InChI is InChI=1S/C24H26Cl2N2O4/c1-4-32-19-11-8-16(14-18(19)26)22(29)20-21(15-6-9-17(25)10-7-15)28(24(31)23(20)30)13-5-12-27(2)3/h6-11,14,21,29H,4-5,12-13H2,1-3H3/b22-20+/t21-/m0/s1. The molecule has 2 aromatic rings. The van der Waals surface area contributed by atoms with Crippen molar-refractivity contribution in [2.24, 2.45) is 0 Å². The molecule has 0 unspecified atom stereocenters. The summed E-state index contributed by atoms with van der Waals surface area (Å²) in [5, 5.41) is 12.0. The van der Waals surface area contributed by atoms with E-state index in [9.17, 15) is 14.7 Å². The lowest BCUT2D eigenvalue weighted by molar-refractivity contribution is -0.139. The minimum atomic E-state index is -0.725. The molecule has 0 saturated carbocycles. The summed E-state index contributed by atoms with van der Waals surface area (Å²) in [6.45, 7) is 3.41. The molecule has 1 N–H and O–H groups in total. The van der Waals surface area contributed by atoms with Gasteiger partial charge in [0.1, 0.15) is 11.5 Å². The quantitative estimate of drug-likeness (QED) is 0.337. The van der Waals surface area contributed by atoms with Crippen LogP contribution >= 0.6 is 23.2 Å². The highest BCUT2D eigenvalue weighted by Crippen LogP contribution is 2.40. The zero-order valence-electron chi connectivity index (χ0n) is 18.3.